The van der Waals surface area contributed by atoms with Gasteiger partial charge in [0.1, 0.15) is 17.3 Å². The molecule has 0 aromatic heterocycles. The van der Waals surface area contributed by atoms with Gasteiger partial charge in [0.05, 0.1) is 49.7 Å². The van der Waals surface area contributed by atoms with Gasteiger partial charge in [-0.25, -0.2) is 0 Å². The largest absolute Gasteiger partial charge is 0.497 e. The Labute approximate surface area is 254 Å². The van der Waals surface area contributed by atoms with E-state index in [-0.39, 0.29) is 62.1 Å². The average Bonchev–Trinajstić information content (AvgIpc) is 2.82. The molecule has 0 saturated carbocycles. The molecule has 1 rings (SSSR count). The third kappa shape index (κ3) is 14.0. The summed E-state index contributed by atoms with van der Waals surface area (Å²) in [7, 11) is -0.748. The maximum Gasteiger partial charge on any atom is 0.311 e. The van der Waals surface area contributed by atoms with E-state index in [1.54, 1.807) is 52.1 Å². The molecule has 0 aliphatic heterocycles. The minimum Gasteiger partial charge on any atom is -0.497 e. The normalized spacial score (nSPS) is 16.2. The number of aliphatic hydroxyl groups excluding tert-OH is 3. The highest BCUT2D eigenvalue weighted by atomic mass is 28.4. The molecular formula is C32H56O9Si. The van der Waals surface area contributed by atoms with Crippen LogP contribution in [-0.4, -0.2) is 79.6 Å². The lowest BCUT2D eigenvalue weighted by Gasteiger charge is -2.45. The summed E-state index contributed by atoms with van der Waals surface area (Å²) in [5.74, 6) is 0.816. The summed E-state index contributed by atoms with van der Waals surface area (Å²) < 4.78 is 22.8. The second kappa shape index (κ2) is 16.2. The Kier molecular flexibility index (Phi) is 14.7. The monoisotopic (exact) mass is 612 g/mol. The third-order valence-corrected chi connectivity index (χ3v) is 12.2. The molecule has 1 aromatic rings. The summed E-state index contributed by atoms with van der Waals surface area (Å²) in [5, 5.41) is 31.7. The molecule has 0 radical (unpaired) electrons. The molecule has 9 nitrogen and oxygen atoms in total. The van der Waals surface area contributed by atoms with Crippen molar-refractivity contribution in [3.63, 3.8) is 0 Å². The van der Waals surface area contributed by atoms with Gasteiger partial charge in [0.25, 0.3) is 0 Å². The number of methoxy groups -OCH3 is 1. The summed E-state index contributed by atoms with van der Waals surface area (Å²) in [6, 6.07) is 7.11. The standard InChI is InChI=1S/C32H56O9Si/c1-30(2,3)29(37)40-18-16-24(34)21-32(7,41-42(9,10)31(4,5)6)22-26(36)20-25(35)19-23(33)15-17-39-28-13-11-27(38-8)12-14-28/h11-14,23-25,33-35H,15-22H2,1-10H3/t23-,24-,25-,32-/m0/s1. The zero-order chi connectivity index (χ0) is 32.4. The topological polar surface area (TPSA) is 132 Å². The molecule has 0 unspecified atom stereocenters. The number of esters is 1. The maximum absolute atomic E-state index is 13.1. The van der Waals surface area contributed by atoms with Gasteiger partial charge in [-0.2, -0.15) is 0 Å². The number of carbonyl (C=O) groups is 2. The van der Waals surface area contributed by atoms with Crippen LogP contribution in [0.4, 0.5) is 0 Å². The summed E-state index contributed by atoms with van der Waals surface area (Å²) in [6.45, 7) is 18.0. The molecule has 0 bridgehead atoms. The smallest absolute Gasteiger partial charge is 0.311 e. The van der Waals surface area contributed by atoms with E-state index in [1.807, 2.05) is 6.92 Å². The van der Waals surface area contributed by atoms with E-state index in [0.717, 1.165) is 5.75 Å². The minimum atomic E-state index is -2.33. The SMILES string of the molecule is COc1ccc(OCC[C@H](O)C[C@H](O)CC(=O)C[C@](C)(C[C@@H](O)CCOC(=O)C(C)(C)C)O[Si](C)(C)C(C)(C)C)cc1. The molecule has 0 aliphatic rings. The molecule has 0 spiro atoms. The number of benzene rings is 1. The Morgan fingerprint density at radius 1 is 0.833 bits per heavy atom. The molecule has 0 fully saturated rings. The number of Topliss-reactive ketones (excluding diaryl/α,β-unsaturated/α-hetero) is 1. The van der Waals surface area contributed by atoms with Crippen LogP contribution in [0.1, 0.15) is 87.0 Å². The minimum absolute atomic E-state index is 0.00604. The van der Waals surface area contributed by atoms with E-state index in [9.17, 15) is 24.9 Å². The highest BCUT2D eigenvalue weighted by Gasteiger charge is 2.44. The molecule has 42 heavy (non-hydrogen) atoms. The molecular weight excluding hydrogens is 556 g/mol. The summed E-state index contributed by atoms with van der Waals surface area (Å²) in [4.78, 5) is 25.2. The van der Waals surface area contributed by atoms with E-state index < -0.39 is 37.6 Å². The van der Waals surface area contributed by atoms with Gasteiger partial charge in [-0.05, 0) is 76.5 Å². The van der Waals surface area contributed by atoms with Crippen molar-refractivity contribution in [2.24, 2.45) is 5.41 Å². The first-order chi connectivity index (χ1) is 19.2. The summed E-state index contributed by atoms with van der Waals surface area (Å²) in [6.07, 6.45) is -2.09. The van der Waals surface area contributed by atoms with Crippen molar-refractivity contribution in [1.82, 2.24) is 0 Å². The van der Waals surface area contributed by atoms with Crippen LogP contribution < -0.4 is 9.47 Å². The fraction of sp³-hybridized carbons (Fsp3) is 0.750. The Bertz CT molecular complexity index is 966. The number of hydrogen-bond donors (Lipinski definition) is 3. The maximum atomic E-state index is 13.1. The van der Waals surface area contributed by atoms with Crippen molar-refractivity contribution in [2.75, 3.05) is 20.3 Å². The van der Waals surface area contributed by atoms with Crippen LogP contribution in [0, 0.1) is 5.41 Å². The zero-order valence-electron chi connectivity index (χ0n) is 27.5. The van der Waals surface area contributed by atoms with Crippen LogP contribution in [0.2, 0.25) is 18.1 Å². The fourth-order valence-corrected chi connectivity index (χ4v) is 5.97. The van der Waals surface area contributed by atoms with Gasteiger partial charge in [-0.1, -0.05) is 20.8 Å². The highest BCUT2D eigenvalue weighted by Crippen LogP contribution is 2.41. The lowest BCUT2D eigenvalue weighted by Crippen LogP contribution is -2.50. The van der Waals surface area contributed by atoms with Gasteiger partial charge in [0.15, 0.2) is 8.32 Å². The first-order valence-electron chi connectivity index (χ1n) is 14.9. The Morgan fingerprint density at radius 3 is 1.90 bits per heavy atom. The predicted octanol–water partition coefficient (Wildman–Crippen LogP) is 5.44. The Hall–Kier alpha value is -1.98. The number of carbonyl (C=O) groups excluding carboxylic acids is 2. The van der Waals surface area contributed by atoms with Crippen molar-refractivity contribution in [3.05, 3.63) is 24.3 Å². The molecule has 0 heterocycles. The van der Waals surface area contributed by atoms with Gasteiger partial charge in [-0.15, -0.1) is 0 Å². The predicted molar refractivity (Wildman–Crippen MR) is 166 cm³/mol. The lowest BCUT2D eigenvalue weighted by molar-refractivity contribution is -0.153. The molecule has 0 aliphatic carbocycles. The Morgan fingerprint density at radius 2 is 1.38 bits per heavy atom. The molecule has 0 saturated heterocycles. The number of ether oxygens (including phenoxy) is 3. The first kappa shape index (κ1) is 38.0. The van der Waals surface area contributed by atoms with Crippen LogP contribution in [0.25, 0.3) is 0 Å². The number of rotatable bonds is 18. The molecule has 4 atom stereocenters. The van der Waals surface area contributed by atoms with E-state index >= 15 is 0 Å². The molecule has 10 heteroatoms. The van der Waals surface area contributed by atoms with Crippen LogP contribution in [0.5, 0.6) is 11.5 Å². The van der Waals surface area contributed by atoms with E-state index in [0.29, 0.717) is 12.2 Å². The van der Waals surface area contributed by atoms with E-state index in [4.69, 9.17) is 18.6 Å². The van der Waals surface area contributed by atoms with Crippen molar-refractivity contribution in [1.29, 1.82) is 0 Å². The van der Waals surface area contributed by atoms with Crippen molar-refractivity contribution in [2.45, 2.75) is 129 Å². The zero-order valence-corrected chi connectivity index (χ0v) is 28.5. The average molecular weight is 613 g/mol. The number of ketones is 1. The van der Waals surface area contributed by atoms with Crippen molar-refractivity contribution in [3.8, 4) is 11.5 Å². The van der Waals surface area contributed by atoms with Crippen LogP contribution in [0.3, 0.4) is 0 Å². The van der Waals surface area contributed by atoms with Gasteiger partial charge < -0.3 is 34.0 Å². The quantitative estimate of drug-likeness (QED) is 0.147. The molecule has 1 aromatic carbocycles. The lowest BCUT2D eigenvalue weighted by atomic mass is 9.89. The van der Waals surface area contributed by atoms with E-state index in [2.05, 4.69) is 33.9 Å². The molecule has 3 N–H and O–H groups in total. The third-order valence-electron chi connectivity index (χ3n) is 7.63. The van der Waals surface area contributed by atoms with Crippen LogP contribution in [0.15, 0.2) is 24.3 Å². The Balaban J connectivity index is 2.72. The summed E-state index contributed by atoms with van der Waals surface area (Å²) in [5.41, 5.74) is -1.60. The second-order valence-corrected chi connectivity index (χ2v) is 18.8. The van der Waals surface area contributed by atoms with Crippen LogP contribution >= 0.6 is 0 Å². The van der Waals surface area contributed by atoms with Crippen molar-refractivity contribution < 1.29 is 43.5 Å². The van der Waals surface area contributed by atoms with Gasteiger partial charge in [-0.3, -0.25) is 9.59 Å². The molecule has 0 amide bonds. The van der Waals surface area contributed by atoms with Crippen LogP contribution in [-0.2, 0) is 18.8 Å². The first-order valence-corrected chi connectivity index (χ1v) is 17.8. The van der Waals surface area contributed by atoms with Gasteiger partial charge in [0, 0.05) is 32.1 Å². The molecule has 242 valence electrons. The van der Waals surface area contributed by atoms with Gasteiger partial charge in [0.2, 0.25) is 0 Å². The van der Waals surface area contributed by atoms with E-state index in [1.165, 1.54) is 0 Å². The number of aliphatic hydroxyl groups is 3. The highest BCUT2D eigenvalue weighted by molar-refractivity contribution is 6.74. The number of hydrogen-bond acceptors (Lipinski definition) is 9. The van der Waals surface area contributed by atoms with Gasteiger partial charge >= 0.3 is 5.97 Å². The fourth-order valence-electron chi connectivity index (χ4n) is 4.28. The summed E-state index contributed by atoms with van der Waals surface area (Å²) >= 11 is 0. The van der Waals surface area contributed by atoms with Crippen molar-refractivity contribution >= 4 is 20.1 Å². The second-order valence-electron chi connectivity index (χ2n) is 14.1.